The quantitative estimate of drug-likeness (QED) is 0.125. The van der Waals surface area contributed by atoms with Gasteiger partial charge < -0.3 is 9.52 Å². The molecular weight excluding hydrogens is 561 g/mol. The van der Waals surface area contributed by atoms with Crippen molar-refractivity contribution in [2.24, 2.45) is 0 Å². The van der Waals surface area contributed by atoms with E-state index in [1.165, 1.54) is 22.7 Å². The normalized spacial score (nSPS) is 15.5. The molecular formula is C28H17ClFN3O4S2. The predicted octanol–water partition coefficient (Wildman–Crippen LogP) is 7.15. The van der Waals surface area contributed by atoms with Gasteiger partial charge >= 0.3 is 0 Å². The van der Waals surface area contributed by atoms with Crippen LogP contribution in [0.2, 0.25) is 5.02 Å². The standard InChI is InChI=1S/C28H17ClFN3O4S2/c29-18-11-9-15(10-12-18)23-22(24(34)21-13-16-5-2-4-8-20(16)37-21)25(35)26(36)33(23)27-31-32-28(39-27)38-14-17-6-1-3-7-19(17)30/h1-13,23,35H,14H2. The summed E-state index contributed by atoms with van der Waals surface area (Å²) in [5.41, 5.74) is 1.41. The molecule has 3 heterocycles. The number of nitrogens with zero attached hydrogens (tertiary/aromatic N) is 3. The summed E-state index contributed by atoms with van der Waals surface area (Å²) in [6.07, 6.45) is 0. The molecule has 0 aliphatic carbocycles. The van der Waals surface area contributed by atoms with Crippen molar-refractivity contribution >= 4 is 62.5 Å². The van der Waals surface area contributed by atoms with Crippen LogP contribution in [0.25, 0.3) is 11.0 Å². The van der Waals surface area contributed by atoms with E-state index in [4.69, 9.17) is 16.0 Å². The number of rotatable bonds is 7. The molecule has 2 aromatic heterocycles. The van der Waals surface area contributed by atoms with E-state index in [9.17, 15) is 19.1 Å². The van der Waals surface area contributed by atoms with Crippen molar-refractivity contribution in [2.75, 3.05) is 4.90 Å². The molecule has 0 fully saturated rings. The molecule has 7 nitrogen and oxygen atoms in total. The Hall–Kier alpha value is -3.99. The molecule has 1 unspecified atom stereocenters. The van der Waals surface area contributed by atoms with Crippen LogP contribution < -0.4 is 4.90 Å². The van der Waals surface area contributed by atoms with Gasteiger partial charge in [0.2, 0.25) is 10.9 Å². The summed E-state index contributed by atoms with van der Waals surface area (Å²) in [6, 6.07) is 20.7. The molecule has 0 saturated carbocycles. The Kier molecular flexibility index (Phi) is 6.68. The highest BCUT2D eigenvalue weighted by molar-refractivity contribution is 8.00. The van der Waals surface area contributed by atoms with Crippen LogP contribution in [0, 0.1) is 5.82 Å². The maximum absolute atomic E-state index is 14.1. The molecule has 39 heavy (non-hydrogen) atoms. The van der Waals surface area contributed by atoms with Crippen LogP contribution in [0.4, 0.5) is 9.52 Å². The van der Waals surface area contributed by atoms with Crippen LogP contribution in [0.15, 0.2) is 99.0 Å². The molecule has 0 spiro atoms. The lowest BCUT2D eigenvalue weighted by atomic mass is 9.95. The van der Waals surface area contributed by atoms with E-state index in [-0.39, 0.29) is 22.3 Å². The van der Waals surface area contributed by atoms with Gasteiger partial charge in [-0.25, -0.2) is 4.39 Å². The largest absolute Gasteiger partial charge is 0.503 e. The average molecular weight is 578 g/mol. The van der Waals surface area contributed by atoms with Crippen LogP contribution in [-0.2, 0) is 10.5 Å². The van der Waals surface area contributed by atoms with Crippen molar-refractivity contribution in [1.29, 1.82) is 0 Å². The molecule has 1 amide bonds. The molecule has 1 atom stereocenters. The molecule has 0 bridgehead atoms. The van der Waals surface area contributed by atoms with Gasteiger partial charge in [-0.1, -0.05) is 83.2 Å². The number of ketones is 1. The molecule has 6 rings (SSSR count). The first-order valence-electron chi connectivity index (χ1n) is 11.7. The van der Waals surface area contributed by atoms with E-state index in [2.05, 4.69) is 10.2 Å². The highest BCUT2D eigenvalue weighted by Gasteiger charge is 2.46. The fourth-order valence-corrected chi connectivity index (χ4v) is 6.31. The van der Waals surface area contributed by atoms with Crippen LogP contribution in [0.5, 0.6) is 0 Å². The smallest absolute Gasteiger partial charge is 0.296 e. The maximum Gasteiger partial charge on any atom is 0.296 e. The highest BCUT2D eigenvalue weighted by Crippen LogP contribution is 2.44. The monoisotopic (exact) mass is 577 g/mol. The van der Waals surface area contributed by atoms with E-state index in [1.807, 2.05) is 6.07 Å². The zero-order chi connectivity index (χ0) is 27.1. The second kappa shape index (κ2) is 10.3. The zero-order valence-corrected chi connectivity index (χ0v) is 22.3. The van der Waals surface area contributed by atoms with Gasteiger partial charge in [-0.05, 0) is 41.5 Å². The van der Waals surface area contributed by atoms with Gasteiger partial charge in [0.1, 0.15) is 11.4 Å². The molecule has 1 N–H and O–H groups in total. The summed E-state index contributed by atoms with van der Waals surface area (Å²) in [5, 5.41) is 20.7. The minimum atomic E-state index is -1.01. The number of para-hydroxylation sites is 1. The Labute approximate surface area is 234 Å². The van der Waals surface area contributed by atoms with Gasteiger partial charge in [-0.3, -0.25) is 14.5 Å². The van der Waals surface area contributed by atoms with Gasteiger partial charge in [0, 0.05) is 16.2 Å². The number of aliphatic hydroxyl groups excluding tert-OH is 1. The Morgan fingerprint density at radius 3 is 2.59 bits per heavy atom. The fourth-order valence-electron chi connectivity index (χ4n) is 4.33. The first-order chi connectivity index (χ1) is 18.9. The van der Waals surface area contributed by atoms with E-state index >= 15 is 0 Å². The molecule has 5 aromatic rings. The summed E-state index contributed by atoms with van der Waals surface area (Å²) in [5.74, 6) is -2.14. The number of Topliss-reactive ketones (excluding diaryl/α,β-unsaturated/α-hetero) is 1. The second-order valence-electron chi connectivity index (χ2n) is 8.60. The molecule has 0 saturated heterocycles. The van der Waals surface area contributed by atoms with Crippen molar-refractivity contribution in [2.45, 2.75) is 16.1 Å². The molecule has 3 aromatic carbocycles. The molecule has 11 heteroatoms. The van der Waals surface area contributed by atoms with Gasteiger partial charge in [0.05, 0.1) is 11.6 Å². The summed E-state index contributed by atoms with van der Waals surface area (Å²) in [6.45, 7) is 0. The third-order valence-electron chi connectivity index (χ3n) is 6.20. The van der Waals surface area contributed by atoms with Crippen LogP contribution in [0.3, 0.4) is 0 Å². The molecule has 1 aliphatic heterocycles. The number of carbonyl (C=O) groups is 2. The van der Waals surface area contributed by atoms with E-state index in [1.54, 1.807) is 66.7 Å². The Morgan fingerprint density at radius 1 is 1.08 bits per heavy atom. The SMILES string of the molecule is O=C(C1=C(O)C(=O)N(c2nnc(SCc3ccccc3F)s2)C1c1ccc(Cl)cc1)c1cc2ccccc2o1. The van der Waals surface area contributed by atoms with Crippen molar-refractivity contribution in [1.82, 2.24) is 10.2 Å². The Bertz CT molecular complexity index is 1730. The fraction of sp³-hybridized carbons (Fsp3) is 0.0714. The van der Waals surface area contributed by atoms with Crippen molar-refractivity contribution in [3.63, 3.8) is 0 Å². The van der Waals surface area contributed by atoms with Gasteiger partial charge in [0.15, 0.2) is 15.9 Å². The molecule has 194 valence electrons. The Balaban J connectivity index is 1.36. The lowest BCUT2D eigenvalue weighted by Crippen LogP contribution is -2.31. The number of hydrogen-bond donors (Lipinski definition) is 1. The van der Waals surface area contributed by atoms with E-state index in [0.717, 1.165) is 11.3 Å². The number of benzene rings is 3. The highest BCUT2D eigenvalue weighted by atomic mass is 35.5. The summed E-state index contributed by atoms with van der Waals surface area (Å²) in [7, 11) is 0. The minimum absolute atomic E-state index is 0.00948. The van der Waals surface area contributed by atoms with Crippen molar-refractivity contribution < 1.29 is 23.5 Å². The zero-order valence-electron chi connectivity index (χ0n) is 19.9. The minimum Gasteiger partial charge on any atom is -0.503 e. The number of halogens is 2. The van der Waals surface area contributed by atoms with Gasteiger partial charge in [-0.15, -0.1) is 10.2 Å². The van der Waals surface area contributed by atoms with E-state index < -0.39 is 23.5 Å². The second-order valence-corrected chi connectivity index (χ2v) is 11.2. The first kappa shape index (κ1) is 25.3. The Morgan fingerprint density at radius 2 is 1.82 bits per heavy atom. The summed E-state index contributed by atoms with van der Waals surface area (Å²) in [4.78, 5) is 28.3. The number of hydrogen-bond acceptors (Lipinski definition) is 8. The van der Waals surface area contributed by atoms with Crippen LogP contribution in [0.1, 0.15) is 27.7 Å². The summed E-state index contributed by atoms with van der Waals surface area (Å²) >= 11 is 8.46. The average Bonchev–Trinajstić information content (AvgIpc) is 3.65. The van der Waals surface area contributed by atoms with Crippen LogP contribution >= 0.6 is 34.7 Å². The number of fused-ring (bicyclic) bond motifs is 1. The third kappa shape index (κ3) is 4.71. The van der Waals surface area contributed by atoms with Gasteiger partial charge in [0.25, 0.3) is 5.91 Å². The summed E-state index contributed by atoms with van der Waals surface area (Å²) < 4.78 is 20.3. The van der Waals surface area contributed by atoms with Crippen molar-refractivity contribution in [3.8, 4) is 0 Å². The number of carbonyl (C=O) groups excluding carboxylic acids is 2. The number of aliphatic hydroxyl groups is 1. The number of amides is 1. The number of anilines is 1. The van der Waals surface area contributed by atoms with Gasteiger partial charge in [-0.2, -0.15) is 0 Å². The number of aromatic nitrogens is 2. The van der Waals surface area contributed by atoms with Crippen LogP contribution in [-0.4, -0.2) is 27.0 Å². The molecule has 1 aliphatic rings. The van der Waals surface area contributed by atoms with E-state index in [0.29, 0.717) is 37.2 Å². The number of furan rings is 1. The third-order valence-corrected chi connectivity index (χ3v) is 8.56. The molecule has 0 radical (unpaired) electrons. The first-order valence-corrected chi connectivity index (χ1v) is 13.8. The maximum atomic E-state index is 14.1. The predicted molar refractivity (Wildman–Crippen MR) is 148 cm³/mol. The lowest BCUT2D eigenvalue weighted by molar-refractivity contribution is -0.117. The lowest BCUT2D eigenvalue weighted by Gasteiger charge is -2.23. The number of thioether (sulfide) groups is 1. The van der Waals surface area contributed by atoms with Crippen molar-refractivity contribution in [3.05, 3.63) is 118 Å². The topological polar surface area (TPSA) is 96.5 Å².